The Bertz CT molecular complexity index is 2290. The molecule has 1 N–H and O–H groups in total. The number of carboxylic acid groups (broad SMARTS) is 1. The van der Waals surface area contributed by atoms with Crippen molar-refractivity contribution in [3.8, 4) is 22.5 Å². The maximum absolute atomic E-state index is 12.4. The van der Waals surface area contributed by atoms with Gasteiger partial charge in [-0.05, 0) is 92.7 Å². The number of aryl methyl sites for hydroxylation is 2. The minimum atomic E-state index is -0.952. The van der Waals surface area contributed by atoms with Crippen molar-refractivity contribution in [1.29, 1.82) is 0 Å². The Hall–Kier alpha value is -5.56. The summed E-state index contributed by atoms with van der Waals surface area (Å²) >= 11 is 12.1. The van der Waals surface area contributed by atoms with Gasteiger partial charge in [0.05, 0.1) is 52.8 Å². The van der Waals surface area contributed by atoms with E-state index in [-0.39, 0.29) is 18.0 Å². The average Bonchev–Trinajstić information content (AvgIpc) is 3.58. The van der Waals surface area contributed by atoms with Gasteiger partial charge in [-0.2, -0.15) is 0 Å². The van der Waals surface area contributed by atoms with Gasteiger partial charge in [0.25, 0.3) is 0 Å². The zero-order valence-corrected chi connectivity index (χ0v) is 30.1. The summed E-state index contributed by atoms with van der Waals surface area (Å²) in [5.74, 6) is -1.00. The van der Waals surface area contributed by atoms with Crippen molar-refractivity contribution in [3.05, 3.63) is 117 Å². The molecule has 0 aliphatic carbocycles. The van der Waals surface area contributed by atoms with Crippen LogP contribution in [0.4, 0.5) is 22.7 Å². The summed E-state index contributed by atoms with van der Waals surface area (Å²) in [5.41, 5.74) is 10.1. The first-order valence-electron chi connectivity index (χ1n) is 16.5. The topological polar surface area (TPSA) is 132 Å². The van der Waals surface area contributed by atoms with Crippen LogP contribution in [0.25, 0.3) is 22.5 Å². The number of ketones is 1. The molecule has 14 heteroatoms. The highest BCUT2D eigenvalue weighted by molar-refractivity contribution is 6.31. The molecule has 0 unspecified atom stereocenters. The molecular weight excluding hydrogens is 703 g/mol. The van der Waals surface area contributed by atoms with Gasteiger partial charge in [-0.1, -0.05) is 39.7 Å². The lowest BCUT2D eigenvalue weighted by atomic mass is 10.0. The normalized spacial score (nSPS) is 13.1. The van der Waals surface area contributed by atoms with Gasteiger partial charge in [0.1, 0.15) is 6.61 Å². The van der Waals surface area contributed by atoms with Crippen LogP contribution >= 0.6 is 23.2 Å². The zero-order chi connectivity index (χ0) is 36.5. The number of hydrogen-bond acceptors (Lipinski definition) is 9. The summed E-state index contributed by atoms with van der Waals surface area (Å²) in [6.07, 6.45) is 0. The Morgan fingerprint density at radius 1 is 0.673 bits per heavy atom. The number of hydrogen-bond donors (Lipinski definition) is 1. The van der Waals surface area contributed by atoms with Crippen LogP contribution in [0.1, 0.15) is 32.1 Å². The number of Topliss-reactive ketones (excluding diaryl/α,β-unsaturated/α-hetero) is 1. The summed E-state index contributed by atoms with van der Waals surface area (Å²) < 4.78 is 8.80. The first kappa shape index (κ1) is 34.9. The number of benzene rings is 4. The van der Waals surface area contributed by atoms with Gasteiger partial charge in [-0.3, -0.25) is 4.79 Å². The Kier molecular flexibility index (Phi) is 9.78. The van der Waals surface area contributed by atoms with E-state index < -0.39 is 5.97 Å². The molecule has 12 nitrogen and oxygen atoms in total. The molecule has 2 aliphatic heterocycles. The number of fused-ring (bicyclic) bond motifs is 6. The van der Waals surface area contributed by atoms with E-state index in [2.05, 4.69) is 30.4 Å². The van der Waals surface area contributed by atoms with Gasteiger partial charge in [0, 0.05) is 58.3 Å². The van der Waals surface area contributed by atoms with E-state index in [0.29, 0.717) is 41.8 Å². The molecule has 0 spiro atoms. The summed E-state index contributed by atoms with van der Waals surface area (Å²) in [6, 6.07) is 26.1. The molecule has 0 amide bonds. The average molecular weight is 738 g/mol. The fourth-order valence-electron chi connectivity index (χ4n) is 6.62. The number of ether oxygens (including phenoxy) is 1. The fraction of sp³-hybridized carbons (Fsp3) is 0.211. The van der Waals surface area contributed by atoms with Crippen LogP contribution in [-0.2, 0) is 17.8 Å². The van der Waals surface area contributed by atoms with Gasteiger partial charge in [-0.15, -0.1) is 10.2 Å². The molecule has 0 saturated carbocycles. The van der Waals surface area contributed by atoms with Gasteiger partial charge in [0.2, 0.25) is 0 Å². The third-order valence-electron chi connectivity index (χ3n) is 9.09. The lowest BCUT2D eigenvalue weighted by molar-refractivity contribution is 0.0696. The quantitative estimate of drug-likeness (QED) is 0.170. The van der Waals surface area contributed by atoms with Crippen molar-refractivity contribution in [2.45, 2.75) is 26.9 Å². The highest BCUT2D eigenvalue weighted by Crippen LogP contribution is 2.41. The number of carbonyl (C=O) groups excluding carboxylic acids is 1. The van der Waals surface area contributed by atoms with Crippen molar-refractivity contribution >= 4 is 57.7 Å². The molecular formula is C38H34Cl2N8O4. The minimum Gasteiger partial charge on any atom is -0.478 e. The second-order valence-corrected chi connectivity index (χ2v) is 13.2. The molecule has 0 bridgehead atoms. The predicted molar refractivity (Wildman–Crippen MR) is 200 cm³/mol. The number of carbonyl (C=O) groups is 2. The second-order valence-electron chi connectivity index (χ2n) is 12.4. The van der Waals surface area contributed by atoms with E-state index in [1.807, 2.05) is 96.0 Å². The maximum Gasteiger partial charge on any atom is 0.335 e. The lowest BCUT2D eigenvalue weighted by Gasteiger charge is -2.25. The van der Waals surface area contributed by atoms with E-state index in [1.54, 1.807) is 12.1 Å². The molecule has 0 atom stereocenters. The number of methoxy groups -OCH3 is 1. The Morgan fingerprint density at radius 3 is 1.56 bits per heavy atom. The van der Waals surface area contributed by atoms with E-state index >= 15 is 0 Å². The number of carboxylic acids is 1. The van der Waals surface area contributed by atoms with E-state index in [9.17, 15) is 14.7 Å². The first-order chi connectivity index (χ1) is 25.1. The van der Waals surface area contributed by atoms with Crippen molar-refractivity contribution < 1.29 is 19.4 Å². The second kappa shape index (κ2) is 14.6. The number of rotatable bonds is 6. The number of nitrogens with zero attached hydrogens (tertiary/aromatic N) is 8. The first-order valence-corrected chi connectivity index (χ1v) is 17.3. The molecule has 0 saturated heterocycles. The van der Waals surface area contributed by atoms with E-state index in [4.69, 9.17) is 27.9 Å². The van der Waals surface area contributed by atoms with Crippen LogP contribution in [0.3, 0.4) is 0 Å². The molecule has 2 aliphatic rings. The molecule has 4 heterocycles. The third-order valence-corrected chi connectivity index (χ3v) is 9.59. The number of halogens is 2. The molecule has 6 aromatic rings. The standard InChI is InChI=1S/C20H19ClN4O2.C18H15ClN4O2/c1-13-20-17-8-3-14(19(26)12-27-2)11-18(17)24(9-10-25(20)23-22-13)16-6-4-15(21)5-7-16;1-11-17-15-7-2-12(18(24)25)10-16(15)22(8-9-23(17)21-20-11)14-5-3-13(19)4-6-14/h3-8,11H,9-10,12H2,1-2H3;2-7,10H,8-9H2,1H3,(H,24,25). The van der Waals surface area contributed by atoms with E-state index in [0.717, 1.165) is 56.7 Å². The minimum absolute atomic E-state index is 0.0519. The Labute approximate surface area is 309 Å². The molecule has 264 valence electrons. The fourth-order valence-corrected chi connectivity index (χ4v) is 6.87. The van der Waals surface area contributed by atoms with Crippen LogP contribution in [-0.4, -0.2) is 73.7 Å². The highest BCUT2D eigenvalue weighted by atomic mass is 35.5. The summed E-state index contributed by atoms with van der Waals surface area (Å²) in [6.45, 7) is 6.60. The number of aromatic nitrogens is 6. The molecule has 2 aromatic heterocycles. The predicted octanol–water partition coefficient (Wildman–Crippen LogP) is 7.64. The molecule has 8 rings (SSSR count). The van der Waals surface area contributed by atoms with Gasteiger partial charge < -0.3 is 19.6 Å². The van der Waals surface area contributed by atoms with Crippen LogP contribution in [0.5, 0.6) is 0 Å². The highest BCUT2D eigenvalue weighted by Gasteiger charge is 2.27. The van der Waals surface area contributed by atoms with Gasteiger partial charge >= 0.3 is 5.97 Å². The van der Waals surface area contributed by atoms with Crippen molar-refractivity contribution in [1.82, 2.24) is 30.0 Å². The van der Waals surface area contributed by atoms with Gasteiger partial charge in [0.15, 0.2) is 5.78 Å². The Morgan fingerprint density at radius 2 is 1.12 bits per heavy atom. The molecule has 4 aromatic carbocycles. The maximum atomic E-state index is 12.4. The van der Waals surface area contributed by atoms with Crippen LogP contribution in [0, 0.1) is 13.8 Å². The lowest BCUT2D eigenvalue weighted by Crippen LogP contribution is -2.21. The van der Waals surface area contributed by atoms with Gasteiger partial charge in [-0.25, -0.2) is 14.2 Å². The van der Waals surface area contributed by atoms with Crippen molar-refractivity contribution in [2.75, 3.05) is 36.6 Å². The van der Waals surface area contributed by atoms with E-state index in [1.165, 1.54) is 7.11 Å². The largest absolute Gasteiger partial charge is 0.478 e. The monoisotopic (exact) mass is 736 g/mol. The summed E-state index contributed by atoms with van der Waals surface area (Å²) in [5, 5.41) is 27.6. The smallest absolute Gasteiger partial charge is 0.335 e. The number of aromatic carboxylic acids is 1. The SMILES string of the molecule is COCC(=O)c1ccc2c(c1)N(c1ccc(Cl)cc1)CCn1nnc(C)c1-2.Cc1nnn2c1-c1ccc(C(=O)O)cc1N(c1ccc(Cl)cc1)CC2. The van der Waals surface area contributed by atoms with Crippen LogP contribution in [0.15, 0.2) is 84.9 Å². The zero-order valence-electron chi connectivity index (χ0n) is 28.6. The van der Waals surface area contributed by atoms with Crippen molar-refractivity contribution in [3.63, 3.8) is 0 Å². The molecule has 52 heavy (non-hydrogen) atoms. The molecule has 0 radical (unpaired) electrons. The van der Waals surface area contributed by atoms with Crippen LogP contribution in [0.2, 0.25) is 10.0 Å². The number of anilines is 4. The van der Waals surface area contributed by atoms with Crippen molar-refractivity contribution in [2.24, 2.45) is 0 Å². The summed E-state index contributed by atoms with van der Waals surface area (Å²) in [7, 11) is 1.52. The Balaban J connectivity index is 0.000000162. The molecule has 0 fully saturated rings. The third kappa shape index (κ3) is 6.75. The summed E-state index contributed by atoms with van der Waals surface area (Å²) in [4.78, 5) is 28.1. The van der Waals surface area contributed by atoms with Crippen LogP contribution < -0.4 is 9.80 Å².